The van der Waals surface area contributed by atoms with Gasteiger partial charge in [-0.15, -0.1) is 0 Å². The average Bonchev–Trinajstić information content (AvgIpc) is 3.29. The molecule has 0 bridgehead atoms. The second-order valence-electron chi connectivity index (χ2n) is 7.52. The van der Waals surface area contributed by atoms with Gasteiger partial charge in [-0.05, 0) is 70.7 Å². The van der Waals surface area contributed by atoms with Crippen molar-refractivity contribution in [3.8, 4) is 0 Å². The number of hydrogen-bond donors (Lipinski definition) is 1. The van der Waals surface area contributed by atoms with Gasteiger partial charge in [-0.1, -0.05) is 28.1 Å². The number of benzene rings is 1. The third kappa shape index (κ3) is 6.44. The van der Waals surface area contributed by atoms with Crippen LogP contribution in [0.5, 0.6) is 0 Å². The van der Waals surface area contributed by atoms with E-state index in [0.29, 0.717) is 6.04 Å². The highest BCUT2D eigenvalue weighted by Crippen LogP contribution is 2.28. The lowest BCUT2D eigenvalue weighted by Gasteiger charge is -2.27. The molecule has 4 nitrogen and oxygen atoms in total. The molecule has 1 amide bonds. The van der Waals surface area contributed by atoms with E-state index in [9.17, 15) is 4.79 Å². The normalized spacial score (nSPS) is 14.5. The van der Waals surface area contributed by atoms with Crippen LogP contribution in [0.25, 0.3) is 0 Å². The topological polar surface area (TPSA) is 41.6 Å². The Morgan fingerprint density at radius 1 is 1.38 bits per heavy atom. The van der Waals surface area contributed by atoms with Crippen LogP contribution in [0, 0.1) is 6.92 Å². The third-order valence-electron chi connectivity index (χ3n) is 3.92. The first-order valence-electron chi connectivity index (χ1n) is 8.71. The Kier molecular flexibility index (Phi) is 6.70. The van der Waals surface area contributed by atoms with E-state index < -0.39 is 5.60 Å². The zero-order valence-electron chi connectivity index (χ0n) is 15.2. The van der Waals surface area contributed by atoms with E-state index in [-0.39, 0.29) is 6.09 Å². The van der Waals surface area contributed by atoms with Gasteiger partial charge in [0.05, 0.1) is 0 Å². The quantitative estimate of drug-likeness (QED) is 0.682. The van der Waals surface area contributed by atoms with Crippen LogP contribution in [-0.4, -0.2) is 35.7 Å². The van der Waals surface area contributed by atoms with Crippen LogP contribution in [0.1, 0.15) is 51.2 Å². The molecule has 0 atom stereocenters. The van der Waals surface area contributed by atoms with Crippen molar-refractivity contribution >= 4 is 22.0 Å². The van der Waals surface area contributed by atoms with Crippen LogP contribution >= 0.6 is 15.9 Å². The van der Waals surface area contributed by atoms with E-state index in [1.54, 1.807) is 0 Å². The molecular formula is C19H29BrN2O2. The van der Waals surface area contributed by atoms with Crippen LogP contribution in [0.15, 0.2) is 22.7 Å². The summed E-state index contributed by atoms with van der Waals surface area (Å²) in [5, 5.41) is 3.46. The molecule has 1 saturated carbocycles. The number of halogens is 1. The molecule has 0 spiro atoms. The molecule has 0 heterocycles. The molecule has 1 aromatic carbocycles. The van der Waals surface area contributed by atoms with Crippen molar-refractivity contribution in [3.63, 3.8) is 0 Å². The fourth-order valence-electron chi connectivity index (χ4n) is 2.55. The minimum Gasteiger partial charge on any atom is -0.444 e. The fraction of sp³-hybridized carbons (Fsp3) is 0.632. The second kappa shape index (κ2) is 8.34. The monoisotopic (exact) mass is 396 g/mol. The number of amides is 1. The first-order chi connectivity index (χ1) is 11.3. The minimum atomic E-state index is -0.429. The molecule has 134 valence electrons. The predicted molar refractivity (Wildman–Crippen MR) is 101 cm³/mol. The van der Waals surface area contributed by atoms with Crippen molar-refractivity contribution in [2.45, 2.75) is 65.1 Å². The number of ether oxygens (including phenoxy) is 1. The number of rotatable bonds is 7. The Balaban J connectivity index is 1.71. The molecule has 0 saturated heterocycles. The van der Waals surface area contributed by atoms with Gasteiger partial charge >= 0.3 is 6.09 Å². The molecule has 1 aliphatic carbocycles. The summed E-state index contributed by atoms with van der Waals surface area (Å²) in [4.78, 5) is 14.2. The lowest BCUT2D eigenvalue weighted by Crippen LogP contribution is -2.39. The smallest absolute Gasteiger partial charge is 0.410 e. The summed E-state index contributed by atoms with van der Waals surface area (Å²) in [7, 11) is 0. The molecule has 0 radical (unpaired) electrons. The number of aryl methyl sites for hydroxylation is 1. The highest BCUT2D eigenvalue weighted by Gasteiger charge is 2.34. The van der Waals surface area contributed by atoms with Crippen LogP contribution < -0.4 is 5.32 Å². The number of carbonyl (C=O) groups excluding carboxylic acids is 1. The highest BCUT2D eigenvalue weighted by atomic mass is 79.9. The zero-order chi connectivity index (χ0) is 17.7. The maximum absolute atomic E-state index is 12.3. The molecule has 0 unspecified atom stereocenters. The van der Waals surface area contributed by atoms with Crippen molar-refractivity contribution in [2.75, 3.05) is 13.1 Å². The SMILES string of the molecule is Cc1cc(CNCCCN(C(=O)OC(C)(C)C)C2CC2)ccc1Br. The summed E-state index contributed by atoms with van der Waals surface area (Å²) in [5.41, 5.74) is 2.10. The van der Waals surface area contributed by atoms with Crippen molar-refractivity contribution in [1.82, 2.24) is 10.2 Å². The van der Waals surface area contributed by atoms with E-state index in [0.717, 1.165) is 43.4 Å². The lowest BCUT2D eigenvalue weighted by atomic mass is 10.1. The molecule has 1 aliphatic rings. The zero-order valence-corrected chi connectivity index (χ0v) is 16.8. The van der Waals surface area contributed by atoms with Gasteiger partial charge in [0.25, 0.3) is 0 Å². The number of hydrogen-bond acceptors (Lipinski definition) is 3. The fourth-order valence-corrected chi connectivity index (χ4v) is 2.80. The Morgan fingerprint density at radius 3 is 2.67 bits per heavy atom. The molecule has 0 aliphatic heterocycles. The van der Waals surface area contributed by atoms with Crippen LogP contribution in [0.2, 0.25) is 0 Å². The molecule has 0 aromatic heterocycles. The summed E-state index contributed by atoms with van der Waals surface area (Å²) in [6.07, 6.45) is 2.97. The summed E-state index contributed by atoms with van der Waals surface area (Å²) >= 11 is 3.52. The van der Waals surface area contributed by atoms with Crippen molar-refractivity contribution < 1.29 is 9.53 Å². The maximum atomic E-state index is 12.3. The number of carbonyl (C=O) groups is 1. The Morgan fingerprint density at radius 2 is 2.08 bits per heavy atom. The van der Waals surface area contributed by atoms with E-state index in [2.05, 4.69) is 46.4 Å². The van der Waals surface area contributed by atoms with Crippen molar-refractivity contribution in [2.24, 2.45) is 0 Å². The van der Waals surface area contributed by atoms with Crippen molar-refractivity contribution in [1.29, 1.82) is 0 Å². The molecular weight excluding hydrogens is 368 g/mol. The maximum Gasteiger partial charge on any atom is 0.410 e. The first-order valence-corrected chi connectivity index (χ1v) is 9.51. The largest absolute Gasteiger partial charge is 0.444 e. The van der Waals surface area contributed by atoms with E-state index in [1.165, 1.54) is 11.1 Å². The summed E-state index contributed by atoms with van der Waals surface area (Å²) in [6.45, 7) is 10.3. The molecule has 1 N–H and O–H groups in total. The second-order valence-corrected chi connectivity index (χ2v) is 8.37. The van der Waals surface area contributed by atoms with Gasteiger partial charge in [-0.25, -0.2) is 4.79 Å². The van der Waals surface area contributed by atoms with Gasteiger partial charge < -0.3 is 15.0 Å². The van der Waals surface area contributed by atoms with Crippen LogP contribution in [0.4, 0.5) is 4.79 Å². The first kappa shape index (κ1) is 19.3. The Bertz CT molecular complexity index is 565. The summed E-state index contributed by atoms with van der Waals surface area (Å²) < 4.78 is 6.66. The van der Waals surface area contributed by atoms with Gasteiger partial charge in [0.2, 0.25) is 0 Å². The third-order valence-corrected chi connectivity index (χ3v) is 4.81. The van der Waals surface area contributed by atoms with Gasteiger partial charge in [0.1, 0.15) is 5.60 Å². The lowest BCUT2D eigenvalue weighted by molar-refractivity contribution is 0.0232. The minimum absolute atomic E-state index is 0.173. The van der Waals surface area contributed by atoms with Crippen LogP contribution in [-0.2, 0) is 11.3 Å². The molecule has 2 rings (SSSR count). The van der Waals surface area contributed by atoms with Gasteiger partial charge in [0, 0.05) is 23.6 Å². The highest BCUT2D eigenvalue weighted by molar-refractivity contribution is 9.10. The number of nitrogens with one attached hydrogen (secondary N) is 1. The molecule has 1 aromatic rings. The summed E-state index contributed by atoms with van der Waals surface area (Å²) in [5.74, 6) is 0. The van der Waals surface area contributed by atoms with Crippen LogP contribution in [0.3, 0.4) is 0 Å². The van der Waals surface area contributed by atoms with Crippen molar-refractivity contribution in [3.05, 3.63) is 33.8 Å². The van der Waals surface area contributed by atoms with Gasteiger partial charge in [-0.3, -0.25) is 0 Å². The van der Waals surface area contributed by atoms with Gasteiger partial charge in [0.15, 0.2) is 0 Å². The Labute approximate surface area is 154 Å². The van der Waals surface area contributed by atoms with E-state index in [4.69, 9.17) is 4.74 Å². The summed E-state index contributed by atoms with van der Waals surface area (Å²) in [6, 6.07) is 6.79. The predicted octanol–water partition coefficient (Wildman–Crippen LogP) is 4.64. The average molecular weight is 397 g/mol. The molecule has 1 fully saturated rings. The Hall–Kier alpha value is -1.07. The van der Waals surface area contributed by atoms with Gasteiger partial charge in [-0.2, -0.15) is 0 Å². The van der Waals surface area contributed by atoms with E-state index >= 15 is 0 Å². The standard InChI is InChI=1S/C19H29BrN2O2/c1-14-12-15(6-9-17(14)20)13-21-10-5-11-22(16-7-8-16)18(23)24-19(2,3)4/h6,9,12,16,21H,5,7-8,10-11,13H2,1-4H3. The molecule has 5 heteroatoms. The van der Waals surface area contributed by atoms with E-state index in [1.807, 2.05) is 25.7 Å². The number of nitrogens with zero attached hydrogens (tertiary/aromatic N) is 1. The molecule has 24 heavy (non-hydrogen) atoms.